The van der Waals surface area contributed by atoms with Crippen molar-refractivity contribution in [2.75, 3.05) is 13.1 Å². The number of nitrogens with zero attached hydrogens (tertiary/aromatic N) is 2. The van der Waals surface area contributed by atoms with E-state index >= 15 is 0 Å². The molecule has 104 valence electrons. The summed E-state index contributed by atoms with van der Waals surface area (Å²) < 4.78 is 0. The summed E-state index contributed by atoms with van der Waals surface area (Å²) in [7, 11) is 0. The van der Waals surface area contributed by atoms with Gasteiger partial charge in [0, 0.05) is 49.1 Å². The van der Waals surface area contributed by atoms with Crippen LogP contribution in [0.25, 0.3) is 0 Å². The predicted molar refractivity (Wildman–Crippen MR) is 76.2 cm³/mol. The predicted octanol–water partition coefficient (Wildman–Crippen LogP) is 2.12. The average Bonchev–Trinajstić information content (AvgIpc) is 2.91. The van der Waals surface area contributed by atoms with Gasteiger partial charge in [0.1, 0.15) is 0 Å². The summed E-state index contributed by atoms with van der Waals surface area (Å²) in [4.78, 5) is 19.4. The van der Waals surface area contributed by atoms with Gasteiger partial charge in [-0.05, 0) is 19.8 Å². The Morgan fingerprint density at radius 2 is 2.37 bits per heavy atom. The van der Waals surface area contributed by atoms with Crippen molar-refractivity contribution in [2.24, 2.45) is 0 Å². The minimum atomic E-state index is 0.277. The molecule has 2 fully saturated rings. The van der Waals surface area contributed by atoms with E-state index in [0.717, 1.165) is 25.6 Å². The van der Waals surface area contributed by atoms with E-state index < -0.39 is 0 Å². The molecule has 1 N–H and O–H groups in total. The number of aromatic nitrogens is 1. The van der Waals surface area contributed by atoms with Gasteiger partial charge in [-0.1, -0.05) is 6.42 Å². The van der Waals surface area contributed by atoms with Crippen molar-refractivity contribution in [3.8, 4) is 0 Å². The molecule has 3 rings (SSSR count). The van der Waals surface area contributed by atoms with Gasteiger partial charge in [0.2, 0.25) is 5.91 Å². The molecule has 1 unspecified atom stereocenters. The molecule has 1 amide bonds. The summed E-state index contributed by atoms with van der Waals surface area (Å²) in [6.07, 6.45) is 6.61. The molecule has 0 radical (unpaired) electrons. The summed E-state index contributed by atoms with van der Waals surface area (Å²) in [5.74, 6) is 1.00. The number of carbonyl (C=O) groups excluding carboxylic acids is 1. The number of hydrogen-bond acceptors (Lipinski definition) is 4. The van der Waals surface area contributed by atoms with Crippen molar-refractivity contribution in [2.45, 2.75) is 51.1 Å². The summed E-state index contributed by atoms with van der Waals surface area (Å²) in [5.41, 5.74) is 0. The Hall–Kier alpha value is -0.940. The first-order valence-electron chi connectivity index (χ1n) is 7.22. The van der Waals surface area contributed by atoms with Gasteiger partial charge in [0.05, 0.1) is 5.01 Å². The molecule has 0 spiro atoms. The molecule has 1 aromatic heterocycles. The van der Waals surface area contributed by atoms with E-state index in [1.807, 2.05) is 29.4 Å². The number of likely N-dealkylation sites (tertiary alicyclic amines) is 1. The second kappa shape index (κ2) is 5.59. The van der Waals surface area contributed by atoms with Gasteiger partial charge in [-0.3, -0.25) is 4.79 Å². The highest BCUT2D eigenvalue weighted by atomic mass is 32.1. The fourth-order valence-electron chi connectivity index (χ4n) is 2.71. The van der Waals surface area contributed by atoms with Crippen molar-refractivity contribution < 1.29 is 4.79 Å². The van der Waals surface area contributed by atoms with Crippen LogP contribution in [0.1, 0.15) is 48.4 Å². The summed E-state index contributed by atoms with van der Waals surface area (Å²) in [6.45, 7) is 4.56. The van der Waals surface area contributed by atoms with Crippen LogP contribution < -0.4 is 5.32 Å². The lowest BCUT2D eigenvalue weighted by molar-refractivity contribution is -0.127. The fraction of sp³-hybridized carbons (Fsp3) is 0.714. The zero-order valence-electron chi connectivity index (χ0n) is 11.4. The van der Waals surface area contributed by atoms with Crippen LogP contribution in [0.5, 0.6) is 0 Å². The van der Waals surface area contributed by atoms with Crippen LogP contribution in [-0.4, -0.2) is 34.9 Å². The lowest BCUT2D eigenvalue weighted by atomic mass is 9.86. The molecule has 1 atom stereocenters. The third-order valence-corrected chi connectivity index (χ3v) is 5.35. The molecule has 2 aliphatic rings. The number of hydrogen-bond donors (Lipinski definition) is 1. The molecule has 1 aliphatic heterocycles. The monoisotopic (exact) mass is 279 g/mol. The van der Waals surface area contributed by atoms with E-state index in [1.54, 1.807) is 0 Å². The molecular formula is C14H21N3OS. The topological polar surface area (TPSA) is 45.2 Å². The quantitative estimate of drug-likeness (QED) is 0.898. The molecule has 1 saturated carbocycles. The van der Waals surface area contributed by atoms with Crippen LogP contribution in [0.2, 0.25) is 0 Å². The highest BCUT2D eigenvalue weighted by Crippen LogP contribution is 2.38. The van der Waals surface area contributed by atoms with Crippen LogP contribution in [0, 0.1) is 0 Å². The largest absolute Gasteiger partial charge is 0.341 e. The first kappa shape index (κ1) is 13.1. The third-order valence-electron chi connectivity index (χ3n) is 4.19. The second-order valence-corrected chi connectivity index (χ2v) is 6.65. The van der Waals surface area contributed by atoms with Crippen molar-refractivity contribution in [1.29, 1.82) is 0 Å². The van der Waals surface area contributed by atoms with Crippen LogP contribution in [0.3, 0.4) is 0 Å². The van der Waals surface area contributed by atoms with Crippen molar-refractivity contribution >= 4 is 17.2 Å². The molecule has 0 aromatic carbocycles. The van der Waals surface area contributed by atoms with Crippen LogP contribution in [0.15, 0.2) is 6.20 Å². The fourth-order valence-corrected chi connectivity index (χ4v) is 3.75. The number of thiazole rings is 1. The number of amides is 1. The number of likely N-dealkylation sites (N-methyl/N-ethyl adjacent to an activating group) is 1. The van der Waals surface area contributed by atoms with Crippen molar-refractivity contribution in [3.05, 3.63) is 16.1 Å². The Morgan fingerprint density at radius 1 is 1.53 bits per heavy atom. The summed E-state index contributed by atoms with van der Waals surface area (Å²) >= 11 is 1.84. The Bertz CT molecular complexity index is 455. The minimum absolute atomic E-state index is 0.277. The molecule has 4 nitrogen and oxygen atoms in total. The van der Waals surface area contributed by atoms with Gasteiger partial charge >= 0.3 is 0 Å². The minimum Gasteiger partial charge on any atom is -0.341 e. The maximum absolute atomic E-state index is 11.6. The van der Waals surface area contributed by atoms with Crippen LogP contribution >= 0.6 is 11.3 Å². The van der Waals surface area contributed by atoms with Gasteiger partial charge in [0.25, 0.3) is 0 Å². The Morgan fingerprint density at radius 3 is 3.00 bits per heavy atom. The van der Waals surface area contributed by atoms with E-state index in [0.29, 0.717) is 12.5 Å². The van der Waals surface area contributed by atoms with E-state index in [4.69, 9.17) is 0 Å². The first-order chi connectivity index (χ1) is 9.26. The maximum atomic E-state index is 11.6. The highest BCUT2D eigenvalue weighted by molar-refractivity contribution is 7.11. The standard InChI is InChI=1S/C14H21N3OS/c1-2-17-9-11(6-13(17)18)15-7-12-8-16-14(19-12)10-4-3-5-10/h8,10-11,15H,2-7,9H2,1H3. The third kappa shape index (κ3) is 2.82. The van der Waals surface area contributed by atoms with Crippen LogP contribution in [-0.2, 0) is 11.3 Å². The number of nitrogens with one attached hydrogen (secondary N) is 1. The molecule has 1 aromatic rings. The second-order valence-electron chi connectivity index (χ2n) is 5.51. The van der Waals surface area contributed by atoms with Crippen molar-refractivity contribution in [1.82, 2.24) is 15.2 Å². The molecule has 0 bridgehead atoms. The molecule has 1 saturated heterocycles. The van der Waals surface area contributed by atoms with Gasteiger partial charge in [-0.25, -0.2) is 4.98 Å². The first-order valence-corrected chi connectivity index (χ1v) is 8.03. The van der Waals surface area contributed by atoms with E-state index in [9.17, 15) is 4.79 Å². The Balaban J connectivity index is 1.49. The summed E-state index contributed by atoms with van der Waals surface area (Å²) in [6, 6.07) is 0.307. The Labute approximate surface area is 118 Å². The lowest BCUT2D eigenvalue weighted by Gasteiger charge is -2.22. The van der Waals surface area contributed by atoms with E-state index in [2.05, 4.69) is 10.3 Å². The number of carbonyl (C=O) groups is 1. The highest BCUT2D eigenvalue weighted by Gasteiger charge is 2.28. The zero-order valence-corrected chi connectivity index (χ0v) is 12.2. The van der Waals surface area contributed by atoms with E-state index in [-0.39, 0.29) is 5.91 Å². The molecule has 2 heterocycles. The molecule has 1 aliphatic carbocycles. The van der Waals surface area contributed by atoms with Gasteiger partial charge < -0.3 is 10.2 Å². The van der Waals surface area contributed by atoms with Crippen molar-refractivity contribution in [3.63, 3.8) is 0 Å². The smallest absolute Gasteiger partial charge is 0.224 e. The van der Waals surface area contributed by atoms with Gasteiger partial charge in [-0.15, -0.1) is 11.3 Å². The van der Waals surface area contributed by atoms with Crippen LogP contribution in [0.4, 0.5) is 0 Å². The van der Waals surface area contributed by atoms with Gasteiger partial charge in [0.15, 0.2) is 0 Å². The zero-order chi connectivity index (χ0) is 13.2. The molecular weight excluding hydrogens is 258 g/mol. The lowest BCUT2D eigenvalue weighted by Crippen LogP contribution is -2.32. The average molecular weight is 279 g/mol. The SMILES string of the molecule is CCN1CC(NCc2cnc(C3CCC3)s2)CC1=O. The maximum Gasteiger partial charge on any atom is 0.224 e. The molecule has 5 heteroatoms. The van der Waals surface area contributed by atoms with E-state index in [1.165, 1.54) is 29.1 Å². The summed E-state index contributed by atoms with van der Waals surface area (Å²) in [5, 5.41) is 4.80. The van der Waals surface area contributed by atoms with Gasteiger partial charge in [-0.2, -0.15) is 0 Å². The number of rotatable bonds is 5. The molecule has 19 heavy (non-hydrogen) atoms. The normalized spacial score (nSPS) is 23.9. The Kier molecular flexibility index (Phi) is 3.84.